The van der Waals surface area contributed by atoms with Crippen LogP contribution in [-0.4, -0.2) is 125 Å². The number of likely N-dealkylation sites (N-methyl/N-ethyl adjacent to an activating group) is 1. The Hall–Kier alpha value is -3.48. The van der Waals surface area contributed by atoms with Crippen molar-refractivity contribution >= 4 is 68.7 Å². The third-order valence-electron chi connectivity index (χ3n) is 13.8. The van der Waals surface area contributed by atoms with Crippen LogP contribution in [0.3, 0.4) is 0 Å². The van der Waals surface area contributed by atoms with E-state index in [2.05, 4.69) is 24.5 Å². The third-order valence-corrected chi connectivity index (χ3v) is 17.1. The van der Waals surface area contributed by atoms with Crippen LogP contribution in [0.4, 0.5) is 10.5 Å². The average Bonchev–Trinajstić information content (AvgIpc) is 4.03. The van der Waals surface area contributed by atoms with Crippen molar-refractivity contribution in [3.05, 3.63) is 46.5 Å². The number of nitrogens with one attached hydrogen (secondary N) is 2. The molecule has 1 aromatic rings. The number of benzene rings is 1. The maximum Gasteiger partial charge on any atom is 0.409 e. The first-order valence-electron chi connectivity index (χ1n) is 23.8. The highest BCUT2D eigenvalue weighted by Gasteiger charge is 2.64. The molecule has 15 nitrogen and oxygen atoms in total. The summed E-state index contributed by atoms with van der Waals surface area (Å²) in [5.41, 5.74) is -1.35. The molecule has 4 bridgehead atoms. The Morgan fingerprint density at radius 1 is 1.16 bits per heavy atom. The van der Waals surface area contributed by atoms with E-state index >= 15 is 0 Å². The lowest BCUT2D eigenvalue weighted by molar-refractivity contribution is -0.162. The molecule has 3 heterocycles. The van der Waals surface area contributed by atoms with Crippen molar-refractivity contribution < 1.29 is 53.1 Å². The Labute approximate surface area is 409 Å². The zero-order chi connectivity index (χ0) is 49.2. The first kappa shape index (κ1) is 54.5. The minimum atomic E-state index is -2.07. The Morgan fingerprint density at radius 2 is 1.90 bits per heavy atom. The lowest BCUT2D eigenvalue weighted by Gasteiger charge is -2.41. The summed E-state index contributed by atoms with van der Waals surface area (Å²) >= 11 is 6.79. The number of rotatable bonds is 15. The van der Waals surface area contributed by atoms with Gasteiger partial charge >= 0.3 is 12.1 Å². The number of hydrogen-bond donors (Lipinski definition) is 4. The molecule has 18 heteroatoms. The molecule has 0 aromatic heterocycles. The number of alkyl carbamates (subject to hydrolysis) is 1. The van der Waals surface area contributed by atoms with E-state index in [4.69, 9.17) is 30.5 Å². The number of epoxide rings is 1. The van der Waals surface area contributed by atoms with Crippen LogP contribution in [0.5, 0.6) is 5.75 Å². The number of fused-ring (bicyclic) bond motifs is 5. The summed E-state index contributed by atoms with van der Waals surface area (Å²) in [6.07, 6.45) is 8.83. The van der Waals surface area contributed by atoms with Crippen molar-refractivity contribution in [2.24, 2.45) is 11.8 Å². The van der Waals surface area contributed by atoms with Crippen LogP contribution in [0, 0.1) is 11.8 Å². The van der Waals surface area contributed by atoms with Gasteiger partial charge in [0.1, 0.15) is 40.7 Å². The first-order chi connectivity index (χ1) is 31.7. The van der Waals surface area contributed by atoms with Crippen molar-refractivity contribution in [1.29, 1.82) is 0 Å². The number of carbonyl (C=O) groups is 5. The molecule has 0 spiro atoms. The van der Waals surface area contributed by atoms with Crippen LogP contribution in [0.1, 0.15) is 124 Å². The van der Waals surface area contributed by atoms with E-state index in [1.54, 1.807) is 73.7 Å². The van der Waals surface area contributed by atoms with Crippen molar-refractivity contribution in [2.45, 2.75) is 178 Å². The molecule has 1 aliphatic carbocycles. The maximum absolute atomic E-state index is 14.3. The number of aliphatic hydroxyl groups excluding tert-OH is 1. The Morgan fingerprint density at radius 3 is 2.61 bits per heavy atom. The van der Waals surface area contributed by atoms with E-state index in [0.717, 1.165) is 36.8 Å². The van der Waals surface area contributed by atoms with Gasteiger partial charge in [-0.15, -0.1) is 0 Å². The van der Waals surface area contributed by atoms with Crippen LogP contribution in [0.15, 0.2) is 35.9 Å². The van der Waals surface area contributed by atoms with E-state index in [0.29, 0.717) is 35.9 Å². The summed E-state index contributed by atoms with van der Waals surface area (Å²) in [6, 6.07) is 2.77. The van der Waals surface area contributed by atoms with E-state index in [1.165, 1.54) is 55.7 Å². The average molecular weight is 994 g/mol. The normalized spacial score (nSPS) is 31.3. The van der Waals surface area contributed by atoms with Gasteiger partial charge in [-0.3, -0.25) is 19.7 Å². The van der Waals surface area contributed by atoms with Gasteiger partial charge in [-0.25, -0.2) is 9.59 Å². The van der Waals surface area contributed by atoms with Crippen molar-refractivity contribution in [2.75, 3.05) is 31.9 Å². The molecule has 0 radical (unpaired) electrons. The fraction of sp³-hybridized carbons (Fsp3) is 0.694. The van der Waals surface area contributed by atoms with E-state index < -0.39 is 65.7 Å². The minimum Gasteiger partial charge on any atom is -0.495 e. The summed E-state index contributed by atoms with van der Waals surface area (Å²) in [4.78, 5) is 70.1. The van der Waals surface area contributed by atoms with Crippen LogP contribution < -0.4 is 20.3 Å². The van der Waals surface area contributed by atoms with Gasteiger partial charge in [-0.1, -0.05) is 110 Å². The smallest absolute Gasteiger partial charge is 0.409 e. The van der Waals surface area contributed by atoms with Crippen molar-refractivity contribution in [3.63, 3.8) is 0 Å². The lowest BCUT2D eigenvalue weighted by atomic mass is 9.83. The molecule has 4 N–H and O–H groups in total. The van der Waals surface area contributed by atoms with Crippen LogP contribution in [0.25, 0.3) is 0 Å². The van der Waals surface area contributed by atoms with E-state index in [1.807, 2.05) is 6.92 Å². The Kier molecular flexibility index (Phi) is 19.8. The summed E-state index contributed by atoms with van der Waals surface area (Å²) in [6.45, 7) is 11.2. The first-order valence-corrected chi connectivity index (χ1v) is 26.5. The number of hydrogen-bond acceptors (Lipinski definition) is 13. The lowest BCUT2D eigenvalue weighted by Crippen LogP contribution is -2.63. The van der Waals surface area contributed by atoms with Crippen LogP contribution in [-0.2, 0) is 39.8 Å². The number of amides is 4. The molecule has 1 saturated carbocycles. The van der Waals surface area contributed by atoms with Gasteiger partial charge in [0.05, 0.1) is 25.3 Å². The summed E-state index contributed by atoms with van der Waals surface area (Å²) in [7, 11) is 7.77. The highest BCUT2D eigenvalue weighted by atomic mass is 35.5. The fourth-order valence-electron chi connectivity index (χ4n) is 9.37. The van der Waals surface area contributed by atoms with Crippen molar-refractivity contribution in [1.82, 2.24) is 15.5 Å². The van der Waals surface area contributed by atoms with Gasteiger partial charge in [0.25, 0.3) is 0 Å². The number of halogens is 1. The predicted octanol–water partition coefficient (Wildman–Crippen LogP) is 7.67. The predicted molar refractivity (Wildman–Crippen MR) is 263 cm³/mol. The van der Waals surface area contributed by atoms with Crippen LogP contribution in [0.2, 0.25) is 5.02 Å². The molecule has 4 amide bonds. The number of methoxy groups -OCH3 is 1. The fourth-order valence-corrected chi connectivity index (χ4v) is 12.0. The number of allylic oxidation sites excluding steroid dienone is 3. The standard InChI is InChI=1S/C49H73ClN4O11S2/c1-10-14-33-16-11-12-17-35(24-33)51-41(56)20-19-30(3)67-66-22-21-42(57)53(7)32(5)46(59)64-40-27-43(58)54(8)36-25-34(26-37(62-9)44(36)50)23-29(2)15-13-18-39(55)49(61)28-38(63-47(60)52-49)31(4)45-48(40,6)65-45/h13,15,18,25-26,30-33,35,38-40,45,55,61H,10-12,14,16-17,19-24,27-28H2,1-9H3,(H,51,56)(H,52,60)/b18-13+,29-15+/t30?,31-,32+,33?,35?,38+,39-,40+,45+,48+,49+/m1/s1. The highest BCUT2D eigenvalue weighted by Crippen LogP contribution is 2.49. The molecule has 3 unspecified atom stereocenters. The number of esters is 1. The molecule has 3 fully saturated rings. The Balaban J connectivity index is 1.24. The summed E-state index contributed by atoms with van der Waals surface area (Å²) in [5, 5.41) is 28.7. The van der Waals surface area contributed by atoms with Gasteiger partial charge < -0.3 is 44.3 Å². The quantitative estimate of drug-likeness (QED) is 0.0440. The highest BCUT2D eigenvalue weighted by molar-refractivity contribution is 8.76. The summed E-state index contributed by atoms with van der Waals surface area (Å²) < 4.78 is 23.6. The number of aliphatic hydroxyl groups is 2. The molecule has 374 valence electrons. The molecule has 1 aromatic carbocycles. The van der Waals surface area contributed by atoms with Gasteiger partial charge in [0, 0.05) is 56.3 Å². The molecule has 5 rings (SSSR count). The molecule has 67 heavy (non-hydrogen) atoms. The molecule has 3 aliphatic heterocycles. The molecule has 4 aliphatic rings. The van der Waals surface area contributed by atoms with Gasteiger partial charge in [0.2, 0.25) is 17.7 Å². The van der Waals surface area contributed by atoms with Gasteiger partial charge in [-0.05, 0) is 70.1 Å². The summed E-state index contributed by atoms with van der Waals surface area (Å²) in [5.74, 6) is -0.442. The number of anilines is 1. The maximum atomic E-state index is 14.3. The molecular formula is C49H73ClN4O11S2. The second-order valence-corrected chi connectivity index (χ2v) is 22.5. The largest absolute Gasteiger partial charge is 0.495 e. The number of carbonyl (C=O) groups excluding carboxylic acids is 5. The van der Waals surface area contributed by atoms with Gasteiger partial charge in [-0.2, -0.15) is 0 Å². The number of ether oxygens (including phenoxy) is 4. The monoisotopic (exact) mass is 992 g/mol. The Bertz CT molecular complexity index is 1990. The van der Waals surface area contributed by atoms with Crippen LogP contribution >= 0.6 is 33.2 Å². The van der Waals surface area contributed by atoms with E-state index in [-0.39, 0.29) is 47.4 Å². The third kappa shape index (κ3) is 14.5. The second-order valence-electron chi connectivity index (χ2n) is 19.1. The molecule has 11 atom stereocenters. The minimum absolute atomic E-state index is 0.103. The second kappa shape index (κ2) is 24.4. The zero-order valence-corrected chi connectivity index (χ0v) is 43.0. The molecule has 2 saturated heterocycles. The topological polar surface area (TPSA) is 197 Å². The SMILES string of the molecule is CCCC1CCCCC(NC(=O)CCC(C)SSCCC(=O)N(C)[C@@H](C)C(=O)O[C@H]2CC(=O)N(C)c3cc(cc(OC)c3Cl)C/C(C)=C/C=C/[C@@H](O)[C@@]3(O)C[C@H](OC(=O)N3)[C@@H](C)[C@@H]3O[C@@]23C)C1. The van der Waals surface area contributed by atoms with E-state index in [9.17, 15) is 34.2 Å². The van der Waals surface area contributed by atoms with Gasteiger partial charge in [0.15, 0.2) is 5.72 Å². The zero-order valence-electron chi connectivity index (χ0n) is 40.6. The number of nitrogens with zero attached hydrogens (tertiary/aromatic N) is 2. The van der Waals surface area contributed by atoms with Crippen molar-refractivity contribution in [3.8, 4) is 5.75 Å². The molecular weight excluding hydrogens is 920 g/mol.